The van der Waals surface area contributed by atoms with Gasteiger partial charge in [0.1, 0.15) is 0 Å². The molecule has 0 fully saturated rings. The van der Waals surface area contributed by atoms with Gasteiger partial charge >= 0.3 is 0 Å². The van der Waals surface area contributed by atoms with E-state index >= 15 is 0 Å². The minimum absolute atomic E-state index is 0.127. The van der Waals surface area contributed by atoms with Crippen molar-refractivity contribution in [2.24, 2.45) is 17.3 Å². The van der Waals surface area contributed by atoms with Crippen LogP contribution in [0.1, 0.15) is 97.6 Å². The summed E-state index contributed by atoms with van der Waals surface area (Å²) in [5, 5.41) is 0. The molecule has 0 heterocycles. The van der Waals surface area contributed by atoms with E-state index in [-0.39, 0.29) is 5.41 Å². The van der Waals surface area contributed by atoms with Crippen LogP contribution in [0.15, 0.2) is 150 Å². The van der Waals surface area contributed by atoms with Crippen LogP contribution in [0.5, 0.6) is 0 Å². The van der Waals surface area contributed by atoms with Crippen molar-refractivity contribution in [3.8, 4) is 0 Å². The highest BCUT2D eigenvalue weighted by Crippen LogP contribution is 2.49. The largest absolute Gasteiger partial charge is 0.317 e. The standard InChI is InChI=1S/C42H49N.C2H6/c1-7-28-43(32(5)37-26-18-19-27-40(37)42(6,8-2)31(3)4)41-38(34-22-14-10-15-23-34)29-36(33-20-12-9-13-21-33)30-39(41)35-24-16-11-17-25-35;1-2/h7,9-18,20-24,26,28,30-31,35-36H,5,8,19,25,27,29H2,1-4,6H3;1-2H3/b28-7-;. The van der Waals surface area contributed by atoms with Gasteiger partial charge in [-0.25, -0.2) is 0 Å². The van der Waals surface area contributed by atoms with Crippen LogP contribution in [-0.2, 0) is 0 Å². The van der Waals surface area contributed by atoms with E-state index in [4.69, 9.17) is 6.58 Å². The van der Waals surface area contributed by atoms with Gasteiger partial charge in [-0.2, -0.15) is 0 Å². The summed E-state index contributed by atoms with van der Waals surface area (Å²) in [6.45, 7) is 20.6. The minimum atomic E-state index is 0.127. The molecule has 236 valence electrons. The van der Waals surface area contributed by atoms with Crippen molar-refractivity contribution in [1.82, 2.24) is 4.90 Å². The normalized spacial score (nSPS) is 21.0. The van der Waals surface area contributed by atoms with Crippen molar-refractivity contribution < 1.29 is 0 Å². The summed E-state index contributed by atoms with van der Waals surface area (Å²) < 4.78 is 0. The van der Waals surface area contributed by atoms with E-state index in [1.54, 1.807) is 5.57 Å². The molecule has 3 unspecified atom stereocenters. The summed E-state index contributed by atoms with van der Waals surface area (Å²) in [6, 6.07) is 22.1. The molecule has 0 amide bonds. The summed E-state index contributed by atoms with van der Waals surface area (Å²) in [5.74, 6) is 1.16. The third-order valence-corrected chi connectivity index (χ3v) is 10.1. The molecule has 0 saturated heterocycles. The molecule has 0 spiro atoms. The summed E-state index contributed by atoms with van der Waals surface area (Å²) in [7, 11) is 0. The monoisotopic (exact) mass is 597 g/mol. The Morgan fingerprint density at radius 2 is 1.67 bits per heavy atom. The Labute approximate surface area is 274 Å². The fraction of sp³-hybridized carbons (Fsp3) is 0.364. The van der Waals surface area contributed by atoms with Crippen LogP contribution in [0, 0.1) is 17.3 Å². The molecule has 1 nitrogen and oxygen atoms in total. The average molecular weight is 598 g/mol. The molecule has 0 aromatic heterocycles. The second-order valence-corrected chi connectivity index (χ2v) is 12.7. The zero-order chi connectivity index (χ0) is 32.4. The Kier molecular flexibility index (Phi) is 12.1. The molecule has 0 saturated carbocycles. The fourth-order valence-electron chi connectivity index (χ4n) is 7.12. The van der Waals surface area contributed by atoms with Gasteiger partial charge in [0.05, 0.1) is 5.70 Å². The second-order valence-electron chi connectivity index (χ2n) is 12.7. The lowest BCUT2D eigenvalue weighted by Crippen LogP contribution is -2.30. The predicted molar refractivity (Wildman–Crippen MR) is 197 cm³/mol. The molecule has 0 aliphatic heterocycles. The van der Waals surface area contributed by atoms with E-state index < -0.39 is 0 Å². The molecule has 5 rings (SSSR count). The molecule has 0 N–H and O–H groups in total. The highest BCUT2D eigenvalue weighted by Gasteiger charge is 2.36. The molecule has 2 aromatic rings. The van der Waals surface area contributed by atoms with E-state index in [2.05, 4.69) is 155 Å². The summed E-state index contributed by atoms with van der Waals surface area (Å²) in [5.41, 5.74) is 10.8. The quantitative estimate of drug-likeness (QED) is 0.263. The van der Waals surface area contributed by atoms with E-state index in [0.717, 1.165) is 37.8 Å². The molecule has 0 bridgehead atoms. The molecular formula is C44H55N. The first-order valence-corrected chi connectivity index (χ1v) is 17.3. The van der Waals surface area contributed by atoms with Crippen molar-refractivity contribution in [3.05, 3.63) is 161 Å². The molecule has 3 aliphatic rings. The number of hydrogen-bond donors (Lipinski definition) is 0. The lowest BCUT2D eigenvalue weighted by Gasteiger charge is -2.41. The molecule has 3 aliphatic carbocycles. The van der Waals surface area contributed by atoms with Gasteiger partial charge in [-0.05, 0) is 78.2 Å². The maximum Gasteiger partial charge on any atom is 0.0528 e. The van der Waals surface area contributed by atoms with Crippen LogP contribution < -0.4 is 0 Å². The van der Waals surface area contributed by atoms with Crippen LogP contribution in [-0.4, -0.2) is 4.90 Å². The van der Waals surface area contributed by atoms with Gasteiger partial charge in [0.25, 0.3) is 0 Å². The van der Waals surface area contributed by atoms with Crippen LogP contribution in [0.2, 0.25) is 0 Å². The topological polar surface area (TPSA) is 3.24 Å². The third-order valence-electron chi connectivity index (χ3n) is 10.1. The molecular weight excluding hydrogens is 542 g/mol. The highest BCUT2D eigenvalue weighted by atomic mass is 15.1. The third kappa shape index (κ3) is 7.36. The fourth-order valence-corrected chi connectivity index (χ4v) is 7.12. The van der Waals surface area contributed by atoms with Crippen LogP contribution >= 0.6 is 0 Å². The maximum atomic E-state index is 4.89. The van der Waals surface area contributed by atoms with E-state index in [1.807, 2.05) is 13.8 Å². The summed E-state index contributed by atoms with van der Waals surface area (Å²) >= 11 is 0. The molecule has 1 heteroatoms. The van der Waals surface area contributed by atoms with Gasteiger partial charge in [0, 0.05) is 23.7 Å². The first-order valence-electron chi connectivity index (χ1n) is 17.3. The summed E-state index contributed by atoms with van der Waals surface area (Å²) in [4.78, 5) is 2.43. The zero-order valence-corrected chi connectivity index (χ0v) is 28.9. The van der Waals surface area contributed by atoms with Crippen molar-refractivity contribution >= 4 is 5.57 Å². The maximum absolute atomic E-state index is 4.89. The van der Waals surface area contributed by atoms with E-state index in [9.17, 15) is 0 Å². The minimum Gasteiger partial charge on any atom is -0.317 e. The molecule has 0 radical (unpaired) electrons. The Morgan fingerprint density at radius 3 is 2.27 bits per heavy atom. The number of allylic oxidation sites excluding steroid dienone is 11. The molecule has 45 heavy (non-hydrogen) atoms. The zero-order valence-electron chi connectivity index (χ0n) is 28.9. The van der Waals surface area contributed by atoms with Gasteiger partial charge in [0.2, 0.25) is 0 Å². The summed E-state index contributed by atoms with van der Waals surface area (Å²) in [6.07, 6.45) is 26.0. The van der Waals surface area contributed by atoms with Crippen molar-refractivity contribution in [1.29, 1.82) is 0 Å². The Balaban J connectivity index is 0.00000226. The number of benzene rings is 2. The Bertz CT molecular complexity index is 1510. The van der Waals surface area contributed by atoms with E-state index in [0.29, 0.717) is 17.8 Å². The second kappa shape index (κ2) is 15.9. The van der Waals surface area contributed by atoms with Gasteiger partial charge in [0.15, 0.2) is 0 Å². The lowest BCUT2D eigenvalue weighted by molar-refractivity contribution is 0.255. The highest BCUT2D eigenvalue weighted by molar-refractivity contribution is 5.76. The van der Waals surface area contributed by atoms with Crippen molar-refractivity contribution in [2.75, 3.05) is 0 Å². The smallest absolute Gasteiger partial charge is 0.0528 e. The van der Waals surface area contributed by atoms with Gasteiger partial charge < -0.3 is 4.90 Å². The van der Waals surface area contributed by atoms with Crippen LogP contribution in [0.4, 0.5) is 0 Å². The van der Waals surface area contributed by atoms with E-state index in [1.165, 1.54) is 33.5 Å². The molecule has 2 aromatic carbocycles. The number of hydrogen-bond acceptors (Lipinski definition) is 1. The average Bonchev–Trinajstić information content (AvgIpc) is 3.11. The first-order chi connectivity index (χ1) is 21.9. The Morgan fingerprint density at radius 1 is 0.978 bits per heavy atom. The van der Waals surface area contributed by atoms with Crippen molar-refractivity contribution in [3.63, 3.8) is 0 Å². The first kappa shape index (κ1) is 34.0. The lowest BCUT2D eigenvalue weighted by atomic mass is 9.67. The Hall–Kier alpha value is -3.84. The van der Waals surface area contributed by atoms with Gasteiger partial charge in [-0.1, -0.05) is 163 Å². The van der Waals surface area contributed by atoms with Gasteiger partial charge in [-0.3, -0.25) is 0 Å². The van der Waals surface area contributed by atoms with Gasteiger partial charge in [-0.15, -0.1) is 0 Å². The SMILES string of the molecule is C=C(C1=C(C(C)(CC)C(C)C)CCC=C1)N(/C=C\C)C1=C(c2ccccc2)CC(c2ccccc2)C=C1C1C=CC=CC1.CC. The van der Waals surface area contributed by atoms with Crippen molar-refractivity contribution in [2.45, 2.75) is 86.5 Å². The van der Waals surface area contributed by atoms with Crippen LogP contribution in [0.25, 0.3) is 5.57 Å². The predicted octanol–water partition coefficient (Wildman–Crippen LogP) is 12.7. The number of nitrogens with zero attached hydrogens (tertiary/aromatic N) is 1. The van der Waals surface area contributed by atoms with Crippen LogP contribution in [0.3, 0.4) is 0 Å². The molecule has 3 atom stereocenters. The number of rotatable bonds is 10.